The Kier molecular flexibility index (Phi) is 4.11. The Morgan fingerprint density at radius 3 is 2.45 bits per heavy atom. The van der Waals surface area contributed by atoms with Crippen LogP contribution in [-0.4, -0.2) is 15.0 Å². The molecule has 0 radical (unpaired) electrons. The minimum Gasteiger partial charge on any atom is -0.211 e. The number of aryl methyl sites for hydroxylation is 1. The molecule has 0 unspecified atom stereocenters. The lowest BCUT2D eigenvalue weighted by Gasteiger charge is -2.25. The Labute approximate surface area is 116 Å². The Bertz CT molecular complexity index is 592. The summed E-state index contributed by atoms with van der Waals surface area (Å²) in [6, 6.07) is 3.08. The predicted molar refractivity (Wildman–Crippen MR) is 68.7 cm³/mol. The second-order valence-electron chi connectivity index (χ2n) is 5.12. The fraction of sp³-hybridized carbons (Fsp3) is 0.538. The van der Waals surface area contributed by atoms with Gasteiger partial charge in [-0.25, -0.2) is 13.1 Å². The van der Waals surface area contributed by atoms with Crippen LogP contribution in [0.4, 0.5) is 13.2 Å². The molecule has 0 spiro atoms. The van der Waals surface area contributed by atoms with Gasteiger partial charge in [-0.05, 0) is 43.4 Å². The summed E-state index contributed by atoms with van der Waals surface area (Å²) in [6.07, 6.45) is -1.55. The Balaban J connectivity index is 2.22. The van der Waals surface area contributed by atoms with Crippen LogP contribution in [0.5, 0.6) is 0 Å². The van der Waals surface area contributed by atoms with E-state index >= 15 is 0 Å². The maximum Gasteiger partial charge on any atom is 0.416 e. The van der Waals surface area contributed by atoms with Gasteiger partial charge in [0.2, 0.25) is 10.0 Å². The first-order chi connectivity index (χ1) is 9.20. The van der Waals surface area contributed by atoms with E-state index in [1.54, 1.807) is 0 Å². The van der Waals surface area contributed by atoms with Crippen molar-refractivity contribution in [3.05, 3.63) is 29.3 Å². The molecule has 1 N–H and O–H groups in total. The van der Waals surface area contributed by atoms with Crippen LogP contribution in [-0.2, 0) is 16.2 Å². The van der Waals surface area contributed by atoms with Crippen molar-refractivity contribution in [2.75, 3.05) is 6.54 Å². The lowest BCUT2D eigenvalue weighted by Crippen LogP contribution is -2.32. The molecule has 0 atom stereocenters. The standard InChI is InChI=1S/C13H16F3NO2S/c1-9-5-6-11(7-12(9)13(14,15)16)20(18,19)17-8-10-3-2-4-10/h5-7,10,17H,2-4,8H2,1H3. The minimum absolute atomic E-state index is 0.00967. The van der Waals surface area contributed by atoms with Crippen LogP contribution >= 0.6 is 0 Å². The molecule has 3 nitrogen and oxygen atoms in total. The third kappa shape index (κ3) is 3.32. The third-order valence-electron chi connectivity index (χ3n) is 3.61. The molecule has 0 bridgehead atoms. The largest absolute Gasteiger partial charge is 0.416 e. The van der Waals surface area contributed by atoms with Gasteiger partial charge in [0.15, 0.2) is 0 Å². The molecule has 1 aliphatic carbocycles. The summed E-state index contributed by atoms with van der Waals surface area (Å²) in [6.45, 7) is 1.60. The fourth-order valence-corrected chi connectivity index (χ4v) is 3.22. The summed E-state index contributed by atoms with van der Waals surface area (Å²) >= 11 is 0. The highest BCUT2D eigenvalue weighted by Crippen LogP contribution is 2.33. The predicted octanol–water partition coefficient (Wildman–Crippen LogP) is 3.09. The van der Waals surface area contributed by atoms with Crippen molar-refractivity contribution in [1.82, 2.24) is 4.72 Å². The van der Waals surface area contributed by atoms with Crippen LogP contribution < -0.4 is 4.72 Å². The van der Waals surface area contributed by atoms with Gasteiger partial charge in [-0.3, -0.25) is 0 Å². The lowest BCUT2D eigenvalue weighted by atomic mass is 9.86. The first kappa shape index (κ1) is 15.3. The number of benzene rings is 1. The molecule has 20 heavy (non-hydrogen) atoms. The average Bonchev–Trinajstić information content (AvgIpc) is 2.25. The van der Waals surface area contributed by atoms with Gasteiger partial charge in [-0.15, -0.1) is 0 Å². The van der Waals surface area contributed by atoms with Crippen molar-refractivity contribution < 1.29 is 21.6 Å². The van der Waals surface area contributed by atoms with Crippen LogP contribution in [0, 0.1) is 12.8 Å². The van der Waals surface area contributed by atoms with E-state index in [1.807, 2.05) is 0 Å². The van der Waals surface area contributed by atoms with E-state index in [-0.39, 0.29) is 17.0 Å². The maximum absolute atomic E-state index is 12.8. The molecular formula is C13H16F3NO2S. The molecular weight excluding hydrogens is 291 g/mol. The first-order valence-electron chi connectivity index (χ1n) is 6.37. The summed E-state index contributed by atoms with van der Waals surface area (Å²) in [7, 11) is -3.88. The molecule has 0 saturated heterocycles. The molecule has 0 amide bonds. The fourth-order valence-electron chi connectivity index (χ4n) is 2.08. The van der Waals surface area contributed by atoms with E-state index in [4.69, 9.17) is 0 Å². The second-order valence-corrected chi connectivity index (χ2v) is 6.89. The van der Waals surface area contributed by atoms with Crippen molar-refractivity contribution >= 4 is 10.0 Å². The molecule has 0 aromatic heterocycles. The van der Waals surface area contributed by atoms with E-state index in [0.717, 1.165) is 19.3 Å². The highest BCUT2D eigenvalue weighted by molar-refractivity contribution is 7.89. The molecule has 1 aromatic carbocycles. The number of rotatable bonds is 4. The van der Waals surface area contributed by atoms with Crippen LogP contribution in [0.1, 0.15) is 30.4 Å². The van der Waals surface area contributed by atoms with E-state index in [1.165, 1.54) is 19.1 Å². The number of hydrogen-bond donors (Lipinski definition) is 1. The Morgan fingerprint density at radius 1 is 1.30 bits per heavy atom. The molecule has 1 aromatic rings. The van der Waals surface area contributed by atoms with Gasteiger partial charge in [-0.1, -0.05) is 12.5 Å². The van der Waals surface area contributed by atoms with Crippen molar-refractivity contribution in [2.45, 2.75) is 37.3 Å². The normalized spacial score (nSPS) is 17.0. The number of nitrogens with one attached hydrogen (secondary N) is 1. The van der Waals surface area contributed by atoms with Gasteiger partial charge < -0.3 is 0 Å². The monoisotopic (exact) mass is 307 g/mol. The Hall–Kier alpha value is -1.08. The smallest absolute Gasteiger partial charge is 0.211 e. The molecule has 1 aliphatic rings. The molecule has 0 heterocycles. The summed E-state index contributed by atoms with van der Waals surface area (Å²) in [5, 5.41) is 0. The van der Waals surface area contributed by atoms with Gasteiger partial charge in [-0.2, -0.15) is 13.2 Å². The number of alkyl halides is 3. The molecule has 1 fully saturated rings. The van der Waals surface area contributed by atoms with Gasteiger partial charge in [0.05, 0.1) is 10.5 Å². The zero-order chi connectivity index (χ0) is 15.0. The van der Waals surface area contributed by atoms with E-state index < -0.39 is 21.8 Å². The summed E-state index contributed by atoms with van der Waals surface area (Å²) < 4.78 is 64.7. The van der Waals surface area contributed by atoms with Gasteiger partial charge in [0.1, 0.15) is 0 Å². The van der Waals surface area contributed by atoms with Crippen molar-refractivity contribution in [3.63, 3.8) is 0 Å². The van der Waals surface area contributed by atoms with Crippen LogP contribution in [0.15, 0.2) is 23.1 Å². The van der Waals surface area contributed by atoms with Gasteiger partial charge >= 0.3 is 6.18 Å². The van der Waals surface area contributed by atoms with Crippen molar-refractivity contribution in [2.24, 2.45) is 5.92 Å². The third-order valence-corrected chi connectivity index (χ3v) is 5.03. The van der Waals surface area contributed by atoms with Crippen molar-refractivity contribution in [1.29, 1.82) is 0 Å². The van der Waals surface area contributed by atoms with Crippen LogP contribution in [0.25, 0.3) is 0 Å². The lowest BCUT2D eigenvalue weighted by molar-refractivity contribution is -0.138. The first-order valence-corrected chi connectivity index (χ1v) is 7.86. The highest BCUT2D eigenvalue weighted by atomic mass is 32.2. The molecule has 2 rings (SSSR count). The van der Waals surface area contributed by atoms with Crippen LogP contribution in [0.3, 0.4) is 0 Å². The second kappa shape index (κ2) is 5.37. The number of hydrogen-bond acceptors (Lipinski definition) is 2. The van der Waals surface area contributed by atoms with E-state index in [2.05, 4.69) is 4.72 Å². The SMILES string of the molecule is Cc1ccc(S(=O)(=O)NCC2CCC2)cc1C(F)(F)F. The highest BCUT2D eigenvalue weighted by Gasteiger charge is 2.33. The molecule has 1 saturated carbocycles. The molecule has 112 valence electrons. The quantitative estimate of drug-likeness (QED) is 0.929. The number of sulfonamides is 1. The van der Waals surface area contributed by atoms with Crippen LogP contribution in [0.2, 0.25) is 0 Å². The average molecular weight is 307 g/mol. The van der Waals surface area contributed by atoms with E-state index in [0.29, 0.717) is 12.0 Å². The summed E-state index contributed by atoms with van der Waals surface area (Å²) in [4.78, 5) is -0.338. The topological polar surface area (TPSA) is 46.2 Å². The molecule has 7 heteroatoms. The Morgan fingerprint density at radius 2 is 1.95 bits per heavy atom. The maximum atomic E-state index is 12.8. The van der Waals surface area contributed by atoms with E-state index in [9.17, 15) is 21.6 Å². The minimum atomic E-state index is -4.55. The van der Waals surface area contributed by atoms with Gasteiger partial charge in [0.25, 0.3) is 0 Å². The zero-order valence-electron chi connectivity index (χ0n) is 11.0. The zero-order valence-corrected chi connectivity index (χ0v) is 11.8. The van der Waals surface area contributed by atoms with Crippen molar-refractivity contribution in [3.8, 4) is 0 Å². The number of halogens is 3. The molecule has 0 aliphatic heterocycles. The summed E-state index contributed by atoms with van der Waals surface area (Å²) in [5.74, 6) is 0.303. The summed E-state index contributed by atoms with van der Waals surface area (Å²) in [5.41, 5.74) is -0.903. The van der Waals surface area contributed by atoms with Gasteiger partial charge in [0, 0.05) is 6.54 Å².